The molecule has 3 N–H and O–H groups in total. The van der Waals surface area contributed by atoms with Gasteiger partial charge in [0.1, 0.15) is 17.6 Å². The van der Waals surface area contributed by atoms with Crippen LogP contribution in [0, 0.1) is 5.41 Å². The summed E-state index contributed by atoms with van der Waals surface area (Å²) >= 11 is 0. The Morgan fingerprint density at radius 1 is 1.08 bits per heavy atom. The molecule has 2 aromatic carbocycles. The van der Waals surface area contributed by atoms with Gasteiger partial charge >= 0.3 is 0 Å². The number of ether oxygens (including phenoxy) is 1. The van der Waals surface area contributed by atoms with Crippen molar-refractivity contribution in [2.24, 2.45) is 10.2 Å². The molecule has 2 aromatic rings. The van der Waals surface area contributed by atoms with E-state index in [2.05, 4.69) is 33.0 Å². The van der Waals surface area contributed by atoms with Gasteiger partial charge in [-0.1, -0.05) is 30.3 Å². The Morgan fingerprint density at radius 2 is 1.78 bits per heavy atom. The summed E-state index contributed by atoms with van der Waals surface area (Å²) in [4.78, 5) is 16.1. The number of allylic oxidation sites excluding steroid dienone is 1. The fourth-order valence-electron chi connectivity index (χ4n) is 4.06. The fraction of sp³-hybridized carbons (Fsp3) is 0.357. The zero-order valence-electron chi connectivity index (χ0n) is 22.7. The van der Waals surface area contributed by atoms with Crippen molar-refractivity contribution in [3.63, 3.8) is 0 Å². The molecular weight excluding hydrogens is 466 g/mol. The molecule has 0 saturated carbocycles. The maximum Gasteiger partial charge on any atom is 0.253 e. The van der Waals surface area contributed by atoms with Crippen LogP contribution >= 0.6 is 0 Å². The normalized spacial score (nSPS) is 15.4. The molecule has 196 valence electrons. The highest BCUT2D eigenvalue weighted by Gasteiger charge is 2.24. The molecule has 9 nitrogen and oxygen atoms in total. The highest BCUT2D eigenvalue weighted by atomic mass is 16.5. The zero-order chi connectivity index (χ0) is 27.1. The zero-order valence-corrected chi connectivity index (χ0v) is 22.7. The van der Waals surface area contributed by atoms with Crippen molar-refractivity contribution < 1.29 is 9.53 Å². The maximum atomic E-state index is 12.8. The number of hydrogen-bond donors (Lipinski definition) is 3. The van der Waals surface area contributed by atoms with Crippen molar-refractivity contribution in [1.29, 1.82) is 5.41 Å². The summed E-state index contributed by atoms with van der Waals surface area (Å²) in [5.41, 5.74) is 4.52. The lowest BCUT2D eigenvalue weighted by Crippen LogP contribution is -2.35. The van der Waals surface area contributed by atoms with Crippen molar-refractivity contribution in [3.05, 3.63) is 70.9 Å². The molecule has 1 amide bonds. The molecule has 0 fully saturated rings. The number of nitrogens with one attached hydrogen (secondary N) is 3. The molecule has 0 radical (unpaired) electrons. The first-order chi connectivity index (χ1) is 17.6. The molecule has 0 saturated heterocycles. The van der Waals surface area contributed by atoms with Crippen molar-refractivity contribution in [2.45, 2.75) is 26.4 Å². The van der Waals surface area contributed by atoms with E-state index in [4.69, 9.17) is 10.1 Å². The van der Waals surface area contributed by atoms with Gasteiger partial charge in [0.15, 0.2) is 5.84 Å². The molecule has 0 spiro atoms. The van der Waals surface area contributed by atoms with Gasteiger partial charge in [-0.3, -0.25) is 10.2 Å². The second-order valence-corrected chi connectivity index (χ2v) is 9.32. The average Bonchev–Trinajstić information content (AvgIpc) is 2.87. The average molecular weight is 504 g/mol. The second-order valence-electron chi connectivity index (χ2n) is 9.32. The Morgan fingerprint density at radius 3 is 2.41 bits per heavy atom. The second kappa shape index (κ2) is 12.3. The number of amides is 1. The SMILES string of the molecule is CNCCC(Oc1ccc(C(=O)N(C)C)cc1N/C(C)=C1\C(=N)C(N(C)C)=NN=C1C)c1ccccc1. The Balaban J connectivity index is 2.05. The standard InChI is InChI=1S/C28H37N7O2/c1-18(25-19(2)32-33-27(26(25)29)34(4)5)31-22-17-21(28(36)35(6)7)13-14-24(22)37-23(15-16-30-3)20-11-9-8-10-12-20/h8-14,17,23,29-31H,15-16H2,1-7H3/b25-18-,29-26?. The van der Waals surface area contributed by atoms with E-state index in [-0.39, 0.29) is 17.7 Å². The third-order valence-corrected chi connectivity index (χ3v) is 5.98. The van der Waals surface area contributed by atoms with Gasteiger partial charge in [0, 0.05) is 51.4 Å². The summed E-state index contributed by atoms with van der Waals surface area (Å²) in [6.45, 7) is 4.50. The van der Waals surface area contributed by atoms with Crippen molar-refractivity contribution in [2.75, 3.05) is 47.1 Å². The quantitative estimate of drug-likeness (QED) is 0.476. The third-order valence-electron chi connectivity index (χ3n) is 5.98. The third kappa shape index (κ3) is 6.62. The molecule has 0 bridgehead atoms. The Bertz CT molecular complexity index is 1230. The summed E-state index contributed by atoms with van der Waals surface area (Å²) in [6, 6.07) is 15.5. The molecule has 0 aromatic heterocycles. The number of benzene rings is 2. The first-order valence-electron chi connectivity index (χ1n) is 12.2. The van der Waals surface area contributed by atoms with Gasteiger partial charge in [-0.25, -0.2) is 0 Å². The van der Waals surface area contributed by atoms with Crippen molar-refractivity contribution in [1.82, 2.24) is 15.1 Å². The molecule has 3 rings (SSSR count). The lowest BCUT2D eigenvalue weighted by molar-refractivity contribution is 0.0827. The van der Waals surface area contributed by atoms with E-state index in [0.29, 0.717) is 39.8 Å². The van der Waals surface area contributed by atoms with Crippen LogP contribution in [0.4, 0.5) is 5.69 Å². The van der Waals surface area contributed by atoms with E-state index >= 15 is 0 Å². The van der Waals surface area contributed by atoms with E-state index in [0.717, 1.165) is 18.5 Å². The summed E-state index contributed by atoms with van der Waals surface area (Å²) < 4.78 is 6.56. The van der Waals surface area contributed by atoms with Crippen LogP contribution in [0.3, 0.4) is 0 Å². The first kappa shape index (κ1) is 27.6. The highest BCUT2D eigenvalue weighted by molar-refractivity contribution is 6.53. The number of nitrogens with zero attached hydrogens (tertiary/aromatic N) is 4. The van der Waals surface area contributed by atoms with Crippen LogP contribution in [-0.2, 0) is 0 Å². The minimum absolute atomic E-state index is 0.111. The number of rotatable bonds is 9. The van der Waals surface area contributed by atoms with Crippen molar-refractivity contribution >= 4 is 28.9 Å². The largest absolute Gasteiger partial charge is 0.484 e. The van der Waals surface area contributed by atoms with Crippen molar-refractivity contribution in [3.8, 4) is 5.75 Å². The predicted octanol–water partition coefficient (Wildman–Crippen LogP) is 4.17. The van der Waals surface area contributed by atoms with E-state index in [9.17, 15) is 4.79 Å². The lowest BCUT2D eigenvalue weighted by Gasteiger charge is -2.25. The first-order valence-corrected chi connectivity index (χ1v) is 12.2. The Labute approximate surface area is 219 Å². The van der Waals surface area contributed by atoms with Crippen LogP contribution in [0.15, 0.2) is 70.0 Å². The molecule has 37 heavy (non-hydrogen) atoms. The molecule has 0 aliphatic carbocycles. The van der Waals surface area contributed by atoms with E-state index < -0.39 is 0 Å². The van der Waals surface area contributed by atoms with Crippen LogP contribution < -0.4 is 15.4 Å². The molecule has 9 heteroatoms. The van der Waals surface area contributed by atoms with Gasteiger partial charge in [0.2, 0.25) is 0 Å². The van der Waals surface area contributed by atoms with Crippen LogP contribution in [-0.4, -0.2) is 74.7 Å². The monoisotopic (exact) mass is 503 g/mol. The lowest BCUT2D eigenvalue weighted by atomic mass is 10.0. The van der Waals surface area contributed by atoms with Gasteiger partial charge < -0.3 is 25.2 Å². The fourth-order valence-corrected chi connectivity index (χ4v) is 4.06. The Kier molecular flexibility index (Phi) is 9.19. The van der Waals surface area contributed by atoms with Gasteiger partial charge in [-0.2, -0.15) is 5.10 Å². The van der Waals surface area contributed by atoms with Gasteiger partial charge in [0.25, 0.3) is 5.91 Å². The smallest absolute Gasteiger partial charge is 0.253 e. The maximum absolute atomic E-state index is 12.8. The van der Waals surface area contributed by atoms with E-state index in [1.807, 2.05) is 59.3 Å². The number of carbonyl (C=O) groups is 1. The molecule has 1 aliphatic heterocycles. The molecule has 1 unspecified atom stereocenters. The van der Waals surface area contributed by atoms with E-state index in [1.54, 1.807) is 31.1 Å². The summed E-state index contributed by atoms with van der Waals surface area (Å²) in [5, 5.41) is 23.8. The van der Waals surface area contributed by atoms with E-state index in [1.165, 1.54) is 4.90 Å². The minimum atomic E-state index is -0.193. The number of amidine groups is 1. The summed E-state index contributed by atoms with van der Waals surface area (Å²) in [7, 11) is 9.03. The predicted molar refractivity (Wildman–Crippen MR) is 151 cm³/mol. The Hall–Kier alpha value is -3.98. The van der Waals surface area contributed by atoms with Crippen LogP contribution in [0.1, 0.15) is 42.3 Å². The number of carbonyl (C=O) groups excluding carboxylic acids is 1. The molecular formula is C28H37N7O2. The van der Waals surface area contributed by atoms with Crippen LogP contribution in [0.2, 0.25) is 0 Å². The topological polar surface area (TPSA) is 105 Å². The summed E-state index contributed by atoms with van der Waals surface area (Å²) in [5.74, 6) is 0.976. The molecule has 1 aliphatic rings. The molecule has 1 heterocycles. The minimum Gasteiger partial charge on any atom is -0.484 e. The highest BCUT2D eigenvalue weighted by Crippen LogP contribution is 2.33. The van der Waals surface area contributed by atoms with Crippen LogP contribution in [0.5, 0.6) is 5.75 Å². The van der Waals surface area contributed by atoms with Gasteiger partial charge in [-0.05, 0) is 51.2 Å². The van der Waals surface area contributed by atoms with Gasteiger partial charge in [0.05, 0.1) is 11.4 Å². The van der Waals surface area contributed by atoms with Crippen LogP contribution in [0.25, 0.3) is 0 Å². The summed E-state index contributed by atoms with van der Waals surface area (Å²) in [6.07, 6.45) is 0.568. The number of anilines is 1. The van der Waals surface area contributed by atoms with Gasteiger partial charge in [-0.15, -0.1) is 5.10 Å². The number of hydrogen-bond acceptors (Lipinski definition) is 8. The molecule has 1 atom stereocenters.